The van der Waals surface area contributed by atoms with Gasteiger partial charge in [-0.05, 0) is 19.4 Å². The monoisotopic (exact) mass is 310 g/mol. The SMILES string of the molecule is C=CC1=C(/C=C\C)S(=O)(=O)N(C2CCC(=O)NC2=O)C1=O. The maximum absolute atomic E-state index is 12.5. The molecular formula is C13H14N2O5S. The average Bonchev–Trinajstić information content (AvgIpc) is 2.58. The summed E-state index contributed by atoms with van der Waals surface area (Å²) in [6.07, 6.45) is 3.89. The van der Waals surface area contributed by atoms with E-state index >= 15 is 0 Å². The second kappa shape index (κ2) is 5.28. The molecule has 8 heteroatoms. The fourth-order valence-corrected chi connectivity index (χ4v) is 4.13. The van der Waals surface area contributed by atoms with Crippen LogP contribution in [0.15, 0.2) is 35.3 Å². The van der Waals surface area contributed by atoms with Gasteiger partial charge in [0.25, 0.3) is 21.8 Å². The van der Waals surface area contributed by atoms with E-state index in [4.69, 9.17) is 0 Å². The van der Waals surface area contributed by atoms with Crippen molar-refractivity contribution in [3.63, 3.8) is 0 Å². The van der Waals surface area contributed by atoms with Crippen LogP contribution in [-0.4, -0.2) is 36.5 Å². The van der Waals surface area contributed by atoms with Crippen LogP contribution in [-0.2, 0) is 24.4 Å². The normalized spacial score (nSPS) is 25.7. The summed E-state index contributed by atoms with van der Waals surface area (Å²) in [5, 5.41) is 2.05. The van der Waals surface area contributed by atoms with E-state index in [1.807, 2.05) is 5.32 Å². The molecule has 0 saturated carbocycles. The van der Waals surface area contributed by atoms with Crippen LogP contribution < -0.4 is 5.32 Å². The summed E-state index contributed by atoms with van der Waals surface area (Å²) < 4.78 is 25.5. The van der Waals surface area contributed by atoms with Gasteiger partial charge in [0.2, 0.25) is 5.91 Å². The second-order valence-electron chi connectivity index (χ2n) is 4.55. The van der Waals surface area contributed by atoms with Gasteiger partial charge in [-0.2, -0.15) is 0 Å². The van der Waals surface area contributed by atoms with Gasteiger partial charge in [-0.1, -0.05) is 18.7 Å². The molecule has 7 nitrogen and oxygen atoms in total. The third-order valence-electron chi connectivity index (χ3n) is 3.25. The number of rotatable bonds is 3. The maximum atomic E-state index is 12.5. The minimum absolute atomic E-state index is 0.0158. The van der Waals surface area contributed by atoms with Crippen LogP contribution in [0.4, 0.5) is 0 Å². The van der Waals surface area contributed by atoms with Crippen molar-refractivity contribution in [1.29, 1.82) is 0 Å². The molecule has 2 rings (SSSR count). The lowest BCUT2D eigenvalue weighted by Gasteiger charge is -2.28. The molecule has 1 fully saturated rings. The zero-order valence-electron chi connectivity index (χ0n) is 11.3. The van der Waals surface area contributed by atoms with E-state index in [0.29, 0.717) is 4.31 Å². The average molecular weight is 310 g/mol. The molecule has 0 aromatic rings. The van der Waals surface area contributed by atoms with Crippen LogP contribution in [0.3, 0.4) is 0 Å². The minimum atomic E-state index is -4.12. The van der Waals surface area contributed by atoms with Crippen molar-refractivity contribution in [1.82, 2.24) is 9.62 Å². The van der Waals surface area contributed by atoms with Crippen molar-refractivity contribution in [2.24, 2.45) is 0 Å². The Bertz CT molecular complexity index is 702. The molecule has 21 heavy (non-hydrogen) atoms. The van der Waals surface area contributed by atoms with Crippen molar-refractivity contribution < 1.29 is 22.8 Å². The Hall–Kier alpha value is -2.22. The number of sulfonamides is 1. The molecule has 0 aromatic carbocycles. The van der Waals surface area contributed by atoms with E-state index in [1.165, 1.54) is 12.2 Å². The van der Waals surface area contributed by atoms with Crippen molar-refractivity contribution in [2.45, 2.75) is 25.8 Å². The number of allylic oxidation sites excluding steroid dienone is 2. The lowest BCUT2D eigenvalue weighted by Crippen LogP contribution is -2.54. The van der Waals surface area contributed by atoms with E-state index in [2.05, 4.69) is 6.58 Å². The molecule has 2 aliphatic heterocycles. The van der Waals surface area contributed by atoms with Crippen molar-refractivity contribution in [3.8, 4) is 0 Å². The summed E-state index contributed by atoms with van der Waals surface area (Å²) in [5.74, 6) is -2.06. The Balaban J connectivity index is 2.49. The standard InChI is InChI=1S/C13H14N2O5S/c1-3-5-10-8(4-2)13(18)15(21(10,19)20)9-6-7-11(16)14-12(9)17/h3-5,9H,2,6-7H2,1H3,(H,14,16,17)/b5-3-. The van der Waals surface area contributed by atoms with Crippen LogP contribution in [0, 0.1) is 0 Å². The van der Waals surface area contributed by atoms with E-state index < -0.39 is 33.8 Å². The highest BCUT2D eigenvalue weighted by atomic mass is 32.2. The maximum Gasteiger partial charge on any atom is 0.269 e. The van der Waals surface area contributed by atoms with E-state index in [-0.39, 0.29) is 23.3 Å². The summed E-state index contributed by atoms with van der Waals surface area (Å²) >= 11 is 0. The van der Waals surface area contributed by atoms with E-state index in [0.717, 1.165) is 6.08 Å². The molecular weight excluding hydrogens is 296 g/mol. The van der Waals surface area contributed by atoms with E-state index in [1.54, 1.807) is 6.92 Å². The van der Waals surface area contributed by atoms with Gasteiger partial charge in [0.05, 0.1) is 5.57 Å². The predicted octanol–water partition coefficient (Wildman–Crippen LogP) is -0.0202. The van der Waals surface area contributed by atoms with Gasteiger partial charge >= 0.3 is 0 Å². The molecule has 112 valence electrons. The fourth-order valence-electron chi connectivity index (χ4n) is 2.31. The zero-order chi connectivity index (χ0) is 15.8. The molecule has 3 amide bonds. The van der Waals surface area contributed by atoms with Crippen LogP contribution in [0.25, 0.3) is 0 Å². The molecule has 0 aliphatic carbocycles. The molecule has 1 N–H and O–H groups in total. The van der Waals surface area contributed by atoms with Gasteiger partial charge in [0.1, 0.15) is 10.9 Å². The topological polar surface area (TPSA) is 101 Å². The Kier molecular flexibility index (Phi) is 3.82. The van der Waals surface area contributed by atoms with Gasteiger partial charge in [0.15, 0.2) is 0 Å². The largest absolute Gasteiger partial charge is 0.295 e. The number of amides is 3. The number of imide groups is 1. The highest BCUT2D eigenvalue weighted by Crippen LogP contribution is 2.33. The highest BCUT2D eigenvalue weighted by molar-refractivity contribution is 7.94. The fraction of sp³-hybridized carbons (Fsp3) is 0.308. The molecule has 1 unspecified atom stereocenters. The molecule has 0 radical (unpaired) electrons. The minimum Gasteiger partial charge on any atom is -0.295 e. The van der Waals surface area contributed by atoms with Crippen molar-refractivity contribution in [2.75, 3.05) is 0 Å². The van der Waals surface area contributed by atoms with E-state index in [9.17, 15) is 22.8 Å². The molecule has 1 atom stereocenters. The number of carbonyl (C=O) groups is 3. The molecule has 0 aromatic heterocycles. The summed E-state index contributed by atoms with van der Waals surface area (Å²) in [6, 6.07) is -1.21. The van der Waals surface area contributed by atoms with Gasteiger partial charge in [-0.15, -0.1) is 0 Å². The molecule has 0 bridgehead atoms. The van der Waals surface area contributed by atoms with Crippen LogP contribution >= 0.6 is 0 Å². The quantitative estimate of drug-likeness (QED) is 0.738. The molecule has 2 heterocycles. The zero-order valence-corrected chi connectivity index (χ0v) is 12.1. The number of nitrogens with zero attached hydrogens (tertiary/aromatic N) is 1. The van der Waals surface area contributed by atoms with Gasteiger partial charge < -0.3 is 0 Å². The first-order chi connectivity index (χ1) is 9.84. The van der Waals surface area contributed by atoms with Crippen molar-refractivity contribution >= 4 is 27.7 Å². The smallest absolute Gasteiger partial charge is 0.269 e. The first kappa shape index (κ1) is 15.2. The summed E-state index contributed by atoms with van der Waals surface area (Å²) in [5.41, 5.74) is -0.0715. The Morgan fingerprint density at radius 1 is 1.33 bits per heavy atom. The Labute approximate surface area is 122 Å². The summed E-state index contributed by atoms with van der Waals surface area (Å²) in [4.78, 5) is 35.1. The number of hydrogen-bond donors (Lipinski definition) is 1. The van der Waals surface area contributed by atoms with Gasteiger partial charge in [-0.25, -0.2) is 12.7 Å². The lowest BCUT2D eigenvalue weighted by molar-refractivity contribution is -0.140. The highest BCUT2D eigenvalue weighted by Gasteiger charge is 2.48. The number of hydrogen-bond acceptors (Lipinski definition) is 5. The number of carbonyl (C=O) groups excluding carboxylic acids is 3. The van der Waals surface area contributed by atoms with Gasteiger partial charge in [-0.3, -0.25) is 19.7 Å². The third kappa shape index (κ3) is 2.31. The first-order valence-corrected chi connectivity index (χ1v) is 7.70. The summed E-state index contributed by atoms with van der Waals surface area (Å²) in [7, 11) is -4.12. The van der Waals surface area contributed by atoms with Gasteiger partial charge in [0, 0.05) is 6.42 Å². The predicted molar refractivity (Wildman–Crippen MR) is 74.0 cm³/mol. The molecule has 1 saturated heterocycles. The molecule has 0 spiro atoms. The molecule has 2 aliphatic rings. The van der Waals surface area contributed by atoms with Crippen LogP contribution in [0.1, 0.15) is 19.8 Å². The second-order valence-corrected chi connectivity index (χ2v) is 6.34. The number of nitrogens with one attached hydrogen (secondary N) is 1. The van der Waals surface area contributed by atoms with Crippen molar-refractivity contribution in [3.05, 3.63) is 35.3 Å². The number of piperidine rings is 1. The third-order valence-corrected chi connectivity index (χ3v) is 5.10. The summed E-state index contributed by atoms with van der Waals surface area (Å²) in [6.45, 7) is 5.06. The Morgan fingerprint density at radius 3 is 2.52 bits per heavy atom. The van der Waals surface area contributed by atoms with Crippen LogP contribution in [0.5, 0.6) is 0 Å². The lowest BCUT2D eigenvalue weighted by atomic mass is 10.1. The first-order valence-electron chi connectivity index (χ1n) is 6.26. The van der Waals surface area contributed by atoms with Crippen LogP contribution in [0.2, 0.25) is 0 Å². The Morgan fingerprint density at radius 2 is 2.00 bits per heavy atom.